The number of halogens is 2. The average molecular weight is 557 g/mol. The number of benzene rings is 1. The fraction of sp³-hybridized carbons (Fsp3) is 0.483. The van der Waals surface area contributed by atoms with E-state index in [0.717, 1.165) is 28.9 Å². The highest BCUT2D eigenvalue weighted by Gasteiger charge is 2.42. The number of carbonyl (C=O) groups excluding carboxylic acids is 1. The molecule has 4 atom stereocenters. The SMILES string of the molecule is C[C@H]1C[C@@H](c2ccncc2CC(=O)c2nc(-c3c(F)cc(C4CCOCC4)cc3F)sc2N)C[C@@H](N)[C@]1(C)O. The van der Waals surface area contributed by atoms with Gasteiger partial charge in [-0.3, -0.25) is 9.78 Å². The highest BCUT2D eigenvalue weighted by atomic mass is 32.1. The number of pyridine rings is 1. The molecule has 2 aliphatic rings. The Balaban J connectivity index is 1.38. The first-order chi connectivity index (χ1) is 18.6. The third-order valence-corrected chi connectivity index (χ3v) is 9.45. The molecule has 0 amide bonds. The van der Waals surface area contributed by atoms with E-state index in [1.807, 2.05) is 13.0 Å². The highest BCUT2D eigenvalue weighted by Crippen LogP contribution is 2.42. The van der Waals surface area contributed by atoms with E-state index in [-0.39, 0.29) is 51.2 Å². The van der Waals surface area contributed by atoms with E-state index in [1.165, 1.54) is 12.1 Å². The van der Waals surface area contributed by atoms with Gasteiger partial charge >= 0.3 is 0 Å². The second kappa shape index (κ2) is 11.0. The predicted octanol–water partition coefficient (Wildman–Crippen LogP) is 4.98. The fourth-order valence-corrected chi connectivity index (χ4v) is 6.77. The van der Waals surface area contributed by atoms with Crippen molar-refractivity contribution in [3.8, 4) is 10.6 Å². The number of anilines is 1. The lowest BCUT2D eigenvalue weighted by Crippen LogP contribution is -2.54. The minimum absolute atomic E-state index is 0.00578. The van der Waals surface area contributed by atoms with Gasteiger partial charge in [-0.25, -0.2) is 13.8 Å². The molecule has 5 rings (SSSR count). The summed E-state index contributed by atoms with van der Waals surface area (Å²) in [4.78, 5) is 21.9. The molecule has 1 aromatic carbocycles. The van der Waals surface area contributed by atoms with Crippen LogP contribution in [0.4, 0.5) is 13.8 Å². The number of rotatable bonds is 6. The number of Topliss-reactive ketones (excluding diaryl/α,β-unsaturated/α-hetero) is 1. The van der Waals surface area contributed by atoms with Gasteiger partial charge < -0.3 is 21.3 Å². The van der Waals surface area contributed by atoms with Crippen LogP contribution in [0.2, 0.25) is 0 Å². The summed E-state index contributed by atoms with van der Waals surface area (Å²) >= 11 is 0.895. The third-order valence-electron chi connectivity index (χ3n) is 8.55. The molecule has 2 fully saturated rings. The summed E-state index contributed by atoms with van der Waals surface area (Å²) in [5.74, 6) is -1.74. The molecule has 3 heterocycles. The fourth-order valence-electron chi connectivity index (χ4n) is 5.87. The molecule has 3 aromatic rings. The maximum Gasteiger partial charge on any atom is 0.188 e. The minimum atomic E-state index is -0.960. The zero-order valence-corrected chi connectivity index (χ0v) is 22.9. The smallest absolute Gasteiger partial charge is 0.188 e. The summed E-state index contributed by atoms with van der Waals surface area (Å²) in [5, 5.41) is 10.9. The van der Waals surface area contributed by atoms with Crippen molar-refractivity contribution in [3.63, 3.8) is 0 Å². The number of nitrogens with zero attached hydrogens (tertiary/aromatic N) is 2. The van der Waals surface area contributed by atoms with Crippen LogP contribution in [0.5, 0.6) is 0 Å². The molecule has 208 valence electrons. The second-order valence-electron chi connectivity index (χ2n) is 11.1. The summed E-state index contributed by atoms with van der Waals surface area (Å²) in [6.07, 6.45) is 6.03. The van der Waals surface area contributed by atoms with Crippen LogP contribution in [0.25, 0.3) is 10.6 Å². The molecule has 1 saturated heterocycles. The Morgan fingerprint density at radius 2 is 1.90 bits per heavy atom. The lowest BCUT2D eigenvalue weighted by Gasteiger charge is -2.44. The van der Waals surface area contributed by atoms with Gasteiger partial charge in [0.1, 0.15) is 27.3 Å². The molecule has 1 aliphatic carbocycles. The van der Waals surface area contributed by atoms with E-state index in [4.69, 9.17) is 16.2 Å². The van der Waals surface area contributed by atoms with Gasteiger partial charge in [-0.05, 0) is 85.3 Å². The Morgan fingerprint density at radius 1 is 1.21 bits per heavy atom. The number of hydrogen-bond acceptors (Lipinski definition) is 8. The van der Waals surface area contributed by atoms with Gasteiger partial charge in [0.25, 0.3) is 0 Å². The van der Waals surface area contributed by atoms with E-state index < -0.39 is 23.3 Å². The van der Waals surface area contributed by atoms with Crippen molar-refractivity contribution in [3.05, 3.63) is 64.6 Å². The number of carbonyl (C=O) groups is 1. The molecule has 1 saturated carbocycles. The molecular formula is C29H34F2N4O3S. The molecule has 5 N–H and O–H groups in total. The first-order valence-corrected chi connectivity index (χ1v) is 14.1. The van der Waals surface area contributed by atoms with Gasteiger partial charge in [-0.15, -0.1) is 0 Å². The van der Waals surface area contributed by atoms with Crippen molar-refractivity contribution >= 4 is 22.1 Å². The minimum Gasteiger partial charge on any atom is -0.389 e. The van der Waals surface area contributed by atoms with Crippen LogP contribution < -0.4 is 11.5 Å². The number of nitrogen functional groups attached to an aromatic ring is 1. The molecular weight excluding hydrogens is 522 g/mol. The first-order valence-electron chi connectivity index (χ1n) is 13.3. The standard InChI is InChI=1S/C29H34F2N4O3S/c1-15-9-18(13-24(32)29(15,2)37)20-3-6-34-14-19(20)12-23(36)26-27(33)39-28(35-26)25-21(30)10-17(11-22(25)31)16-4-7-38-8-5-16/h3,6,10-11,14-16,18,24,37H,4-5,7-9,12-13,32-33H2,1-2H3/t15-,18+,24+,29+/m0/s1. The molecule has 39 heavy (non-hydrogen) atoms. The van der Waals surface area contributed by atoms with Crippen LogP contribution in [0, 0.1) is 17.6 Å². The molecule has 1 aliphatic heterocycles. The first kappa shape index (κ1) is 27.8. The van der Waals surface area contributed by atoms with Gasteiger partial charge in [-0.1, -0.05) is 18.3 Å². The van der Waals surface area contributed by atoms with Crippen LogP contribution >= 0.6 is 11.3 Å². The number of aromatic nitrogens is 2. The van der Waals surface area contributed by atoms with Crippen molar-refractivity contribution < 1.29 is 23.4 Å². The Kier molecular flexibility index (Phi) is 7.83. The normalized spacial score (nSPS) is 26.1. The summed E-state index contributed by atoms with van der Waals surface area (Å²) in [7, 11) is 0. The zero-order chi connectivity index (χ0) is 27.9. The quantitative estimate of drug-likeness (QED) is 0.366. The van der Waals surface area contributed by atoms with Crippen LogP contribution in [0.1, 0.15) is 78.5 Å². The van der Waals surface area contributed by atoms with E-state index in [9.17, 15) is 9.90 Å². The average Bonchev–Trinajstić information content (AvgIpc) is 3.28. The van der Waals surface area contributed by atoms with E-state index in [2.05, 4.69) is 9.97 Å². The lowest BCUT2D eigenvalue weighted by molar-refractivity contribution is -0.0464. The van der Waals surface area contributed by atoms with E-state index in [0.29, 0.717) is 38.0 Å². The van der Waals surface area contributed by atoms with Gasteiger partial charge in [-0.2, -0.15) is 0 Å². The lowest BCUT2D eigenvalue weighted by atomic mass is 9.67. The van der Waals surface area contributed by atoms with Crippen LogP contribution in [-0.2, 0) is 11.2 Å². The molecule has 7 nitrogen and oxygen atoms in total. The summed E-state index contributed by atoms with van der Waals surface area (Å²) in [5.41, 5.74) is 13.5. The van der Waals surface area contributed by atoms with Gasteiger partial charge in [0, 0.05) is 38.1 Å². The van der Waals surface area contributed by atoms with Gasteiger partial charge in [0.2, 0.25) is 0 Å². The van der Waals surface area contributed by atoms with Crippen LogP contribution in [0.15, 0.2) is 30.6 Å². The van der Waals surface area contributed by atoms with Crippen molar-refractivity contribution in [1.29, 1.82) is 0 Å². The Hall–Kier alpha value is -2.79. The maximum atomic E-state index is 15.2. The largest absolute Gasteiger partial charge is 0.389 e. The van der Waals surface area contributed by atoms with Crippen molar-refractivity contribution in [2.24, 2.45) is 11.7 Å². The number of nitrogens with two attached hydrogens (primary N) is 2. The number of hydrogen-bond donors (Lipinski definition) is 3. The Labute approximate surface area is 230 Å². The number of aliphatic hydroxyl groups is 1. The highest BCUT2D eigenvalue weighted by molar-refractivity contribution is 7.19. The van der Waals surface area contributed by atoms with Gasteiger partial charge in [0.15, 0.2) is 5.78 Å². The van der Waals surface area contributed by atoms with E-state index in [1.54, 1.807) is 19.3 Å². The Bertz CT molecular complexity index is 1340. The predicted molar refractivity (Wildman–Crippen MR) is 147 cm³/mol. The van der Waals surface area contributed by atoms with Crippen molar-refractivity contribution in [2.75, 3.05) is 18.9 Å². The molecule has 0 unspecified atom stereocenters. The van der Waals surface area contributed by atoms with E-state index >= 15 is 8.78 Å². The number of ketones is 1. The van der Waals surface area contributed by atoms with Crippen LogP contribution in [-0.4, -0.2) is 45.7 Å². The Morgan fingerprint density at radius 3 is 2.56 bits per heavy atom. The van der Waals surface area contributed by atoms with Gasteiger partial charge in [0.05, 0.1) is 11.2 Å². The molecule has 0 spiro atoms. The number of thiazole rings is 1. The topological polar surface area (TPSA) is 124 Å². The molecule has 0 radical (unpaired) electrons. The summed E-state index contributed by atoms with van der Waals surface area (Å²) in [6, 6.07) is 4.18. The zero-order valence-electron chi connectivity index (χ0n) is 22.1. The number of ether oxygens (including phenoxy) is 1. The summed E-state index contributed by atoms with van der Waals surface area (Å²) < 4.78 is 35.7. The monoisotopic (exact) mass is 556 g/mol. The molecule has 0 bridgehead atoms. The van der Waals surface area contributed by atoms with Crippen molar-refractivity contribution in [2.45, 2.75) is 69.4 Å². The van der Waals surface area contributed by atoms with Crippen molar-refractivity contribution in [1.82, 2.24) is 9.97 Å². The van der Waals surface area contributed by atoms with Crippen LogP contribution in [0.3, 0.4) is 0 Å². The maximum absolute atomic E-state index is 15.2. The molecule has 10 heteroatoms. The third kappa shape index (κ3) is 5.48. The molecule has 2 aromatic heterocycles. The second-order valence-corrected chi connectivity index (χ2v) is 12.1. The summed E-state index contributed by atoms with van der Waals surface area (Å²) in [6.45, 7) is 4.87.